The van der Waals surface area contributed by atoms with Gasteiger partial charge in [0, 0.05) is 11.6 Å². The van der Waals surface area contributed by atoms with Gasteiger partial charge in [0.15, 0.2) is 9.84 Å². The fourth-order valence-electron chi connectivity index (χ4n) is 1.25. The number of thiazole rings is 1. The van der Waals surface area contributed by atoms with E-state index in [-0.39, 0.29) is 0 Å². The van der Waals surface area contributed by atoms with Crippen molar-refractivity contribution in [2.24, 2.45) is 0 Å². The van der Waals surface area contributed by atoms with Gasteiger partial charge in [0.2, 0.25) is 0 Å². The van der Waals surface area contributed by atoms with Crippen molar-refractivity contribution in [3.05, 3.63) is 40.8 Å². The number of aromatic nitrogens is 1. The molecule has 0 saturated heterocycles. The Morgan fingerprint density at radius 1 is 1.29 bits per heavy atom. The molecule has 6 heteroatoms. The normalized spacial score (nSPS) is 11.4. The van der Waals surface area contributed by atoms with Gasteiger partial charge in [-0.05, 0) is 24.3 Å². The lowest BCUT2D eigenvalue weighted by Crippen LogP contribution is -1.98. The van der Waals surface area contributed by atoms with E-state index in [2.05, 4.69) is 4.98 Å². The zero-order valence-electron chi connectivity index (χ0n) is 9.16. The van der Waals surface area contributed by atoms with Gasteiger partial charge in [-0.3, -0.25) is 0 Å². The molecule has 0 aliphatic heterocycles. The maximum atomic E-state index is 11.2. The molecule has 0 N–H and O–H groups in total. The third kappa shape index (κ3) is 3.28. The molecule has 1 aromatic heterocycles. The smallest absolute Gasteiger partial charge is 0.175 e. The highest BCUT2D eigenvalue weighted by molar-refractivity contribution is 7.90. The Labute approximate surface area is 104 Å². The maximum absolute atomic E-state index is 11.2. The molecule has 0 bridgehead atoms. The van der Waals surface area contributed by atoms with Gasteiger partial charge in [0.1, 0.15) is 12.4 Å². The highest BCUT2D eigenvalue weighted by Crippen LogP contribution is 2.17. The van der Waals surface area contributed by atoms with Crippen LogP contribution in [0.5, 0.6) is 5.75 Å². The Kier molecular flexibility index (Phi) is 3.44. The number of hydrogen-bond donors (Lipinski definition) is 0. The second-order valence-corrected chi connectivity index (χ2v) is 6.25. The predicted octanol–water partition coefficient (Wildman–Crippen LogP) is 2.13. The Balaban J connectivity index is 2.04. The molecule has 2 aromatic rings. The van der Waals surface area contributed by atoms with Gasteiger partial charge in [0.25, 0.3) is 0 Å². The van der Waals surface area contributed by atoms with Crippen LogP contribution in [-0.4, -0.2) is 19.7 Å². The zero-order valence-corrected chi connectivity index (χ0v) is 10.8. The molecule has 2 rings (SSSR count). The van der Waals surface area contributed by atoms with Crippen molar-refractivity contribution in [2.45, 2.75) is 11.5 Å². The monoisotopic (exact) mass is 269 g/mol. The average Bonchev–Trinajstić information content (AvgIpc) is 2.78. The van der Waals surface area contributed by atoms with Crippen LogP contribution in [0.25, 0.3) is 0 Å². The average molecular weight is 269 g/mol. The van der Waals surface area contributed by atoms with E-state index in [4.69, 9.17) is 4.74 Å². The third-order valence-electron chi connectivity index (χ3n) is 2.12. The summed E-state index contributed by atoms with van der Waals surface area (Å²) >= 11 is 1.51. The molecular formula is C11H11NO3S2. The molecule has 0 fully saturated rings. The van der Waals surface area contributed by atoms with Crippen molar-refractivity contribution in [1.29, 1.82) is 0 Å². The number of rotatable bonds is 4. The topological polar surface area (TPSA) is 56.3 Å². The molecule has 0 unspecified atom stereocenters. The van der Waals surface area contributed by atoms with Gasteiger partial charge in [-0.15, -0.1) is 11.3 Å². The number of ether oxygens (including phenoxy) is 1. The quantitative estimate of drug-likeness (QED) is 0.853. The molecular weight excluding hydrogens is 258 g/mol. The molecule has 17 heavy (non-hydrogen) atoms. The molecule has 0 spiro atoms. The number of hydrogen-bond acceptors (Lipinski definition) is 5. The molecule has 90 valence electrons. The Hall–Kier alpha value is -1.40. The minimum atomic E-state index is -3.14. The van der Waals surface area contributed by atoms with Crippen LogP contribution in [0.15, 0.2) is 40.1 Å². The lowest BCUT2D eigenvalue weighted by atomic mass is 10.3. The van der Waals surface area contributed by atoms with E-state index in [1.807, 2.05) is 5.38 Å². The molecule has 1 heterocycles. The largest absolute Gasteiger partial charge is 0.487 e. The number of benzene rings is 1. The Morgan fingerprint density at radius 3 is 2.53 bits per heavy atom. The standard InChI is InChI=1S/C11H11NO3S2/c1-17(13,14)11-4-2-10(3-5-11)15-6-9-7-16-8-12-9/h2-5,7-8H,6H2,1H3. The molecule has 0 aliphatic rings. The van der Waals surface area contributed by atoms with Crippen LogP contribution in [0.4, 0.5) is 0 Å². The van der Waals surface area contributed by atoms with E-state index in [0.29, 0.717) is 17.3 Å². The van der Waals surface area contributed by atoms with Gasteiger partial charge in [-0.2, -0.15) is 0 Å². The molecule has 4 nitrogen and oxygen atoms in total. The van der Waals surface area contributed by atoms with Crippen molar-refractivity contribution in [3.63, 3.8) is 0 Å². The van der Waals surface area contributed by atoms with E-state index in [9.17, 15) is 8.42 Å². The van der Waals surface area contributed by atoms with Crippen LogP contribution in [0, 0.1) is 0 Å². The molecule has 0 amide bonds. The summed E-state index contributed by atoms with van der Waals surface area (Å²) in [6, 6.07) is 6.35. The Bertz CT molecular complexity index is 574. The Morgan fingerprint density at radius 2 is 2.00 bits per heavy atom. The van der Waals surface area contributed by atoms with Crippen molar-refractivity contribution in [2.75, 3.05) is 6.26 Å². The first-order valence-corrected chi connectivity index (χ1v) is 7.69. The SMILES string of the molecule is CS(=O)(=O)c1ccc(OCc2cscn2)cc1. The van der Waals surface area contributed by atoms with Crippen LogP contribution < -0.4 is 4.74 Å². The summed E-state index contributed by atoms with van der Waals surface area (Å²) < 4.78 is 27.9. The van der Waals surface area contributed by atoms with E-state index < -0.39 is 9.84 Å². The summed E-state index contributed by atoms with van der Waals surface area (Å²) in [5, 5.41) is 1.91. The van der Waals surface area contributed by atoms with Gasteiger partial charge in [-0.1, -0.05) is 0 Å². The van der Waals surface area contributed by atoms with Crippen molar-refractivity contribution in [1.82, 2.24) is 4.98 Å². The summed E-state index contributed by atoms with van der Waals surface area (Å²) in [5.41, 5.74) is 2.60. The highest BCUT2D eigenvalue weighted by Gasteiger charge is 2.06. The van der Waals surface area contributed by atoms with Gasteiger partial charge < -0.3 is 4.74 Å². The molecule has 1 aromatic carbocycles. The summed E-state index contributed by atoms with van der Waals surface area (Å²) in [5.74, 6) is 0.630. The van der Waals surface area contributed by atoms with Gasteiger partial charge in [-0.25, -0.2) is 13.4 Å². The minimum Gasteiger partial charge on any atom is -0.487 e. The molecule has 0 radical (unpaired) electrons. The molecule has 0 saturated carbocycles. The van der Waals surface area contributed by atoms with E-state index in [0.717, 1.165) is 5.69 Å². The fourth-order valence-corrected chi connectivity index (χ4v) is 2.42. The lowest BCUT2D eigenvalue weighted by Gasteiger charge is -2.04. The fraction of sp³-hybridized carbons (Fsp3) is 0.182. The third-order valence-corrected chi connectivity index (χ3v) is 3.89. The molecule has 0 aliphatic carbocycles. The first-order chi connectivity index (χ1) is 8.05. The van der Waals surface area contributed by atoms with Crippen LogP contribution in [-0.2, 0) is 16.4 Å². The summed E-state index contributed by atoms with van der Waals surface area (Å²) in [4.78, 5) is 4.38. The van der Waals surface area contributed by atoms with Crippen molar-refractivity contribution < 1.29 is 13.2 Å². The summed E-state index contributed by atoms with van der Waals surface area (Å²) in [6.07, 6.45) is 1.18. The van der Waals surface area contributed by atoms with Gasteiger partial charge in [0.05, 0.1) is 16.1 Å². The zero-order chi connectivity index (χ0) is 12.3. The highest BCUT2D eigenvalue weighted by atomic mass is 32.2. The van der Waals surface area contributed by atoms with Gasteiger partial charge >= 0.3 is 0 Å². The van der Waals surface area contributed by atoms with Crippen LogP contribution in [0.2, 0.25) is 0 Å². The second kappa shape index (κ2) is 4.85. The van der Waals surface area contributed by atoms with E-state index in [1.54, 1.807) is 17.6 Å². The predicted molar refractivity (Wildman–Crippen MR) is 66.0 cm³/mol. The van der Waals surface area contributed by atoms with Crippen LogP contribution in [0.3, 0.4) is 0 Å². The van der Waals surface area contributed by atoms with Crippen LogP contribution >= 0.6 is 11.3 Å². The minimum absolute atomic E-state index is 0.290. The molecule has 0 atom stereocenters. The summed E-state index contributed by atoms with van der Waals surface area (Å²) in [7, 11) is -3.14. The number of sulfone groups is 1. The van der Waals surface area contributed by atoms with Crippen molar-refractivity contribution in [3.8, 4) is 5.75 Å². The van der Waals surface area contributed by atoms with E-state index >= 15 is 0 Å². The summed E-state index contributed by atoms with van der Waals surface area (Å²) in [6.45, 7) is 0.391. The van der Waals surface area contributed by atoms with Crippen LogP contribution in [0.1, 0.15) is 5.69 Å². The maximum Gasteiger partial charge on any atom is 0.175 e. The number of nitrogens with zero attached hydrogens (tertiary/aromatic N) is 1. The van der Waals surface area contributed by atoms with E-state index in [1.165, 1.54) is 29.7 Å². The first kappa shape index (κ1) is 12.1. The van der Waals surface area contributed by atoms with Crippen molar-refractivity contribution >= 4 is 21.2 Å². The first-order valence-electron chi connectivity index (χ1n) is 4.86. The second-order valence-electron chi connectivity index (χ2n) is 3.51. The lowest BCUT2D eigenvalue weighted by molar-refractivity contribution is 0.302.